The Bertz CT molecular complexity index is 624. The molecular weight excluding hydrogens is 250 g/mol. The summed E-state index contributed by atoms with van der Waals surface area (Å²) < 4.78 is 0. The molecule has 1 fully saturated rings. The molecule has 2 aromatic rings. The van der Waals surface area contributed by atoms with E-state index in [1.165, 1.54) is 0 Å². The van der Waals surface area contributed by atoms with Crippen molar-refractivity contribution in [3.63, 3.8) is 0 Å². The Morgan fingerprint density at radius 3 is 2.55 bits per heavy atom. The van der Waals surface area contributed by atoms with Crippen molar-refractivity contribution in [3.05, 3.63) is 60.2 Å². The normalized spacial score (nSPS) is 22.2. The molecule has 2 unspecified atom stereocenters. The molecule has 1 saturated heterocycles. The first kappa shape index (κ1) is 12.7. The smallest absolute Gasteiger partial charge is 0.164 e. The zero-order valence-corrected chi connectivity index (χ0v) is 11.4. The van der Waals surface area contributed by atoms with E-state index in [-0.39, 0.29) is 23.5 Å². The summed E-state index contributed by atoms with van der Waals surface area (Å²) in [5.41, 5.74) is 1.95. The van der Waals surface area contributed by atoms with Crippen molar-refractivity contribution < 1.29 is 9.90 Å². The molecule has 20 heavy (non-hydrogen) atoms. The summed E-state index contributed by atoms with van der Waals surface area (Å²) in [5.74, 6) is 0.374. The summed E-state index contributed by atoms with van der Waals surface area (Å²) in [5, 5.41) is 9.60. The minimum atomic E-state index is -0.165. The van der Waals surface area contributed by atoms with Gasteiger partial charge < -0.3 is 10.0 Å². The lowest BCUT2D eigenvalue weighted by Gasteiger charge is -2.22. The van der Waals surface area contributed by atoms with Crippen LogP contribution < -0.4 is 4.90 Å². The van der Waals surface area contributed by atoms with Crippen LogP contribution in [0.2, 0.25) is 0 Å². The number of phenolic OH excluding ortho intramolecular Hbond substituents is 1. The van der Waals surface area contributed by atoms with E-state index in [4.69, 9.17) is 0 Å². The number of benzene rings is 2. The van der Waals surface area contributed by atoms with E-state index in [9.17, 15) is 9.90 Å². The third kappa shape index (κ3) is 2.16. The minimum absolute atomic E-state index is 0.0893. The van der Waals surface area contributed by atoms with E-state index in [1.807, 2.05) is 43.3 Å². The fourth-order valence-corrected chi connectivity index (χ4v) is 2.85. The average Bonchev–Trinajstić information content (AvgIpc) is 2.76. The van der Waals surface area contributed by atoms with Gasteiger partial charge in [-0.15, -0.1) is 0 Å². The number of carbonyl (C=O) groups excluding carboxylic acids is 1. The molecule has 0 spiro atoms. The van der Waals surface area contributed by atoms with E-state index in [0.717, 1.165) is 11.3 Å². The van der Waals surface area contributed by atoms with E-state index >= 15 is 0 Å². The van der Waals surface area contributed by atoms with Crippen LogP contribution in [0.5, 0.6) is 5.75 Å². The molecule has 0 radical (unpaired) electrons. The van der Waals surface area contributed by atoms with Crippen molar-refractivity contribution in [3.8, 4) is 5.75 Å². The molecule has 0 amide bonds. The van der Waals surface area contributed by atoms with Crippen LogP contribution in [-0.4, -0.2) is 23.5 Å². The van der Waals surface area contributed by atoms with E-state index < -0.39 is 0 Å². The van der Waals surface area contributed by atoms with Gasteiger partial charge in [-0.1, -0.05) is 36.4 Å². The summed E-state index contributed by atoms with van der Waals surface area (Å²) in [4.78, 5) is 14.5. The van der Waals surface area contributed by atoms with Crippen LogP contribution in [0.15, 0.2) is 54.6 Å². The van der Waals surface area contributed by atoms with E-state index in [1.54, 1.807) is 18.2 Å². The molecule has 1 aliphatic heterocycles. The largest absolute Gasteiger partial charge is 0.508 e. The van der Waals surface area contributed by atoms with Gasteiger partial charge in [0, 0.05) is 18.3 Å². The third-order valence-corrected chi connectivity index (χ3v) is 3.97. The van der Waals surface area contributed by atoms with Crippen molar-refractivity contribution in [1.82, 2.24) is 0 Å². The highest BCUT2D eigenvalue weighted by Gasteiger charge is 2.38. The average molecular weight is 267 g/mol. The standard InChI is InChI=1S/C17H17NO2/c1-12-17(20)16(13-6-3-2-4-7-13)11-18(12)14-8-5-9-15(19)10-14/h2-10,12,16,19H,11H2,1H3. The van der Waals surface area contributed by atoms with Crippen molar-refractivity contribution in [2.24, 2.45) is 0 Å². The monoisotopic (exact) mass is 267 g/mol. The van der Waals surface area contributed by atoms with Crippen LogP contribution in [0.1, 0.15) is 18.4 Å². The summed E-state index contributed by atoms with van der Waals surface area (Å²) in [6.07, 6.45) is 0. The lowest BCUT2D eigenvalue weighted by atomic mass is 9.96. The van der Waals surface area contributed by atoms with Gasteiger partial charge in [-0.3, -0.25) is 4.79 Å². The predicted molar refractivity (Wildman–Crippen MR) is 79.1 cm³/mol. The van der Waals surface area contributed by atoms with Crippen molar-refractivity contribution in [2.45, 2.75) is 18.9 Å². The fourth-order valence-electron chi connectivity index (χ4n) is 2.85. The molecule has 1 aliphatic rings. The fraction of sp³-hybridized carbons (Fsp3) is 0.235. The lowest BCUT2D eigenvalue weighted by Crippen LogP contribution is -2.29. The molecule has 2 aromatic carbocycles. The molecule has 0 aromatic heterocycles. The Balaban J connectivity index is 1.91. The van der Waals surface area contributed by atoms with Crippen LogP contribution in [0.3, 0.4) is 0 Å². The Kier molecular flexibility index (Phi) is 3.18. The highest BCUT2D eigenvalue weighted by Crippen LogP contribution is 2.33. The molecule has 1 heterocycles. The first-order valence-corrected chi connectivity index (χ1v) is 6.81. The molecular formula is C17H17NO2. The number of Topliss-reactive ketones (excluding diaryl/α,β-unsaturated/α-hetero) is 1. The zero-order chi connectivity index (χ0) is 14.1. The number of ketones is 1. The van der Waals surface area contributed by atoms with Gasteiger partial charge in [-0.25, -0.2) is 0 Å². The number of aromatic hydroxyl groups is 1. The van der Waals surface area contributed by atoms with E-state index in [2.05, 4.69) is 4.90 Å². The molecule has 0 saturated carbocycles. The van der Waals surface area contributed by atoms with Crippen LogP contribution in [0, 0.1) is 0 Å². The zero-order valence-electron chi connectivity index (χ0n) is 11.4. The predicted octanol–water partition coefficient (Wildman–Crippen LogP) is 2.95. The highest BCUT2D eigenvalue weighted by atomic mass is 16.3. The van der Waals surface area contributed by atoms with Gasteiger partial charge in [-0.05, 0) is 24.6 Å². The summed E-state index contributed by atoms with van der Waals surface area (Å²) in [6, 6.07) is 16.8. The molecule has 0 bridgehead atoms. The number of carbonyl (C=O) groups is 1. The van der Waals surface area contributed by atoms with Gasteiger partial charge >= 0.3 is 0 Å². The number of anilines is 1. The molecule has 3 rings (SSSR count). The number of phenols is 1. The second-order valence-corrected chi connectivity index (χ2v) is 5.21. The third-order valence-electron chi connectivity index (χ3n) is 3.97. The summed E-state index contributed by atoms with van der Waals surface area (Å²) in [7, 11) is 0. The van der Waals surface area contributed by atoms with E-state index in [0.29, 0.717) is 6.54 Å². The topological polar surface area (TPSA) is 40.5 Å². The van der Waals surface area contributed by atoms with Gasteiger partial charge in [0.1, 0.15) is 5.75 Å². The van der Waals surface area contributed by atoms with Crippen LogP contribution in [-0.2, 0) is 4.79 Å². The summed E-state index contributed by atoms with van der Waals surface area (Å²) >= 11 is 0. The highest BCUT2D eigenvalue weighted by molar-refractivity contribution is 5.96. The Morgan fingerprint density at radius 1 is 1.10 bits per heavy atom. The Morgan fingerprint density at radius 2 is 1.85 bits per heavy atom. The Labute approximate surface area is 118 Å². The molecule has 0 aliphatic carbocycles. The first-order chi connectivity index (χ1) is 9.66. The van der Waals surface area contributed by atoms with Crippen LogP contribution in [0.4, 0.5) is 5.69 Å². The van der Waals surface area contributed by atoms with Gasteiger partial charge in [0.05, 0.1) is 12.0 Å². The minimum Gasteiger partial charge on any atom is -0.508 e. The van der Waals surface area contributed by atoms with Crippen LogP contribution >= 0.6 is 0 Å². The maximum Gasteiger partial charge on any atom is 0.164 e. The van der Waals surface area contributed by atoms with Gasteiger partial charge in [0.15, 0.2) is 5.78 Å². The first-order valence-electron chi connectivity index (χ1n) is 6.81. The van der Waals surface area contributed by atoms with Crippen molar-refractivity contribution in [1.29, 1.82) is 0 Å². The maximum atomic E-state index is 12.5. The number of hydrogen-bond acceptors (Lipinski definition) is 3. The second-order valence-electron chi connectivity index (χ2n) is 5.21. The molecule has 102 valence electrons. The second kappa shape index (κ2) is 5.00. The van der Waals surface area contributed by atoms with Gasteiger partial charge in [0.25, 0.3) is 0 Å². The van der Waals surface area contributed by atoms with Crippen molar-refractivity contribution >= 4 is 11.5 Å². The number of nitrogens with zero attached hydrogens (tertiary/aromatic N) is 1. The molecule has 1 N–H and O–H groups in total. The molecule has 3 heteroatoms. The lowest BCUT2D eigenvalue weighted by molar-refractivity contribution is -0.119. The molecule has 2 atom stereocenters. The van der Waals surface area contributed by atoms with Crippen LogP contribution in [0.25, 0.3) is 0 Å². The molecule has 3 nitrogen and oxygen atoms in total. The maximum absolute atomic E-state index is 12.5. The van der Waals surface area contributed by atoms with Crippen molar-refractivity contribution in [2.75, 3.05) is 11.4 Å². The number of rotatable bonds is 2. The Hall–Kier alpha value is -2.29. The summed E-state index contributed by atoms with van der Waals surface area (Å²) in [6.45, 7) is 2.59. The van der Waals surface area contributed by atoms with Gasteiger partial charge in [-0.2, -0.15) is 0 Å². The SMILES string of the molecule is CC1C(=O)C(c2ccccc2)CN1c1cccc(O)c1. The number of hydrogen-bond donors (Lipinski definition) is 1. The van der Waals surface area contributed by atoms with Gasteiger partial charge in [0.2, 0.25) is 0 Å². The quantitative estimate of drug-likeness (QED) is 0.909.